The first-order valence-electron chi connectivity index (χ1n) is 8.79. The summed E-state index contributed by atoms with van der Waals surface area (Å²) in [5.41, 5.74) is 3.17. The third-order valence-electron chi connectivity index (χ3n) is 5.08. The SMILES string of the molecule is O=C(Cc1cccc(F)c1)N1CCC(c2cc3ccccc3[nH]2)CC1. The molecule has 25 heavy (non-hydrogen) atoms. The van der Waals surface area contributed by atoms with E-state index in [1.54, 1.807) is 12.1 Å². The van der Waals surface area contributed by atoms with Gasteiger partial charge in [0.15, 0.2) is 0 Å². The van der Waals surface area contributed by atoms with Crippen LogP contribution in [0.4, 0.5) is 4.39 Å². The fourth-order valence-electron chi connectivity index (χ4n) is 3.69. The summed E-state index contributed by atoms with van der Waals surface area (Å²) in [6.07, 6.45) is 2.19. The standard InChI is InChI=1S/C21H21FN2O/c22-18-6-3-4-15(12-18)13-21(25)24-10-8-16(9-11-24)20-14-17-5-1-2-7-19(17)23-20/h1-7,12,14,16,23H,8-11,13H2. The minimum absolute atomic E-state index is 0.0840. The summed E-state index contributed by atoms with van der Waals surface area (Å²) >= 11 is 0. The molecule has 0 aliphatic carbocycles. The van der Waals surface area contributed by atoms with Crippen LogP contribution in [-0.2, 0) is 11.2 Å². The van der Waals surface area contributed by atoms with Crippen molar-refractivity contribution in [3.63, 3.8) is 0 Å². The van der Waals surface area contributed by atoms with Crippen LogP contribution in [0.2, 0.25) is 0 Å². The van der Waals surface area contributed by atoms with Gasteiger partial charge in [0.25, 0.3) is 0 Å². The maximum atomic E-state index is 13.3. The number of nitrogens with zero attached hydrogens (tertiary/aromatic N) is 1. The number of aromatic amines is 1. The number of para-hydroxylation sites is 1. The molecule has 1 saturated heterocycles. The number of H-pyrrole nitrogens is 1. The van der Waals surface area contributed by atoms with Gasteiger partial charge in [-0.2, -0.15) is 0 Å². The van der Waals surface area contributed by atoms with Crippen LogP contribution in [0, 0.1) is 5.82 Å². The van der Waals surface area contributed by atoms with Gasteiger partial charge in [-0.05, 0) is 48.1 Å². The molecule has 0 unspecified atom stereocenters. The second kappa shape index (κ2) is 6.71. The lowest BCUT2D eigenvalue weighted by atomic mass is 9.93. The predicted octanol–water partition coefficient (Wildman–Crippen LogP) is 4.26. The second-order valence-corrected chi connectivity index (χ2v) is 6.77. The molecule has 0 atom stereocenters. The van der Waals surface area contributed by atoms with Crippen LogP contribution in [-0.4, -0.2) is 28.9 Å². The molecule has 1 amide bonds. The highest BCUT2D eigenvalue weighted by Gasteiger charge is 2.24. The van der Waals surface area contributed by atoms with Gasteiger partial charge in [-0.3, -0.25) is 4.79 Å². The molecule has 1 fully saturated rings. The lowest BCUT2D eigenvalue weighted by Gasteiger charge is -2.31. The highest BCUT2D eigenvalue weighted by molar-refractivity contribution is 5.80. The molecule has 1 N–H and O–H groups in total. The van der Waals surface area contributed by atoms with Crippen molar-refractivity contribution in [3.8, 4) is 0 Å². The van der Waals surface area contributed by atoms with Crippen LogP contribution >= 0.6 is 0 Å². The molecule has 4 rings (SSSR count). The highest BCUT2D eigenvalue weighted by atomic mass is 19.1. The van der Waals surface area contributed by atoms with Gasteiger partial charge in [0.2, 0.25) is 5.91 Å². The second-order valence-electron chi connectivity index (χ2n) is 6.77. The largest absolute Gasteiger partial charge is 0.358 e. The lowest BCUT2D eigenvalue weighted by molar-refractivity contribution is -0.131. The Kier molecular flexibility index (Phi) is 4.26. The maximum Gasteiger partial charge on any atom is 0.226 e. The normalized spacial score (nSPS) is 15.6. The minimum atomic E-state index is -0.289. The van der Waals surface area contributed by atoms with Gasteiger partial charge in [-0.1, -0.05) is 30.3 Å². The lowest BCUT2D eigenvalue weighted by Crippen LogP contribution is -2.38. The monoisotopic (exact) mass is 336 g/mol. The molecular weight excluding hydrogens is 315 g/mol. The van der Waals surface area contributed by atoms with Gasteiger partial charge in [0.05, 0.1) is 6.42 Å². The summed E-state index contributed by atoms with van der Waals surface area (Å²) in [4.78, 5) is 17.9. The number of rotatable bonds is 3. The van der Waals surface area contributed by atoms with Gasteiger partial charge >= 0.3 is 0 Å². The maximum absolute atomic E-state index is 13.3. The number of benzene rings is 2. The van der Waals surface area contributed by atoms with Crippen molar-refractivity contribution in [1.82, 2.24) is 9.88 Å². The van der Waals surface area contributed by atoms with E-state index in [1.165, 1.54) is 28.7 Å². The Balaban J connectivity index is 1.38. The first-order chi connectivity index (χ1) is 12.2. The third-order valence-corrected chi connectivity index (χ3v) is 5.08. The minimum Gasteiger partial charge on any atom is -0.358 e. The highest BCUT2D eigenvalue weighted by Crippen LogP contribution is 2.30. The van der Waals surface area contributed by atoms with E-state index in [0.717, 1.165) is 31.5 Å². The summed E-state index contributed by atoms with van der Waals surface area (Å²) in [5.74, 6) is 0.258. The molecule has 0 spiro atoms. The zero-order chi connectivity index (χ0) is 17.2. The van der Waals surface area contributed by atoms with Crippen molar-refractivity contribution in [2.45, 2.75) is 25.2 Å². The molecule has 0 bridgehead atoms. The Morgan fingerprint density at radius 1 is 1.08 bits per heavy atom. The van der Waals surface area contributed by atoms with E-state index in [1.807, 2.05) is 17.0 Å². The molecular formula is C21H21FN2O. The molecule has 1 aliphatic heterocycles. The average Bonchev–Trinajstić information content (AvgIpc) is 3.06. The van der Waals surface area contributed by atoms with Crippen molar-refractivity contribution in [3.05, 3.63) is 71.7 Å². The van der Waals surface area contributed by atoms with E-state index in [2.05, 4.69) is 23.2 Å². The Morgan fingerprint density at radius 3 is 2.64 bits per heavy atom. The van der Waals surface area contributed by atoms with Crippen LogP contribution in [0.1, 0.15) is 30.0 Å². The van der Waals surface area contributed by atoms with Crippen molar-refractivity contribution in [1.29, 1.82) is 0 Å². The summed E-state index contributed by atoms with van der Waals surface area (Å²) in [5, 5.41) is 1.24. The van der Waals surface area contributed by atoms with Crippen LogP contribution in [0.15, 0.2) is 54.6 Å². The zero-order valence-corrected chi connectivity index (χ0v) is 14.0. The molecule has 128 valence electrons. The van der Waals surface area contributed by atoms with Gasteiger partial charge in [-0.15, -0.1) is 0 Å². The van der Waals surface area contributed by atoms with Crippen molar-refractivity contribution < 1.29 is 9.18 Å². The third kappa shape index (κ3) is 3.43. The molecule has 3 aromatic rings. The summed E-state index contributed by atoms with van der Waals surface area (Å²) in [6, 6.07) is 16.8. The van der Waals surface area contributed by atoms with Crippen molar-refractivity contribution in [2.75, 3.05) is 13.1 Å². The van der Waals surface area contributed by atoms with Crippen LogP contribution in [0.3, 0.4) is 0 Å². The molecule has 1 aromatic heterocycles. The van der Waals surface area contributed by atoms with Gasteiger partial charge in [0, 0.05) is 30.2 Å². The van der Waals surface area contributed by atoms with E-state index in [-0.39, 0.29) is 18.1 Å². The predicted molar refractivity (Wildman–Crippen MR) is 97.0 cm³/mol. The topological polar surface area (TPSA) is 36.1 Å². The number of piperidine rings is 1. The zero-order valence-electron chi connectivity index (χ0n) is 14.0. The van der Waals surface area contributed by atoms with E-state index in [4.69, 9.17) is 0 Å². The number of nitrogens with one attached hydrogen (secondary N) is 1. The summed E-state index contributed by atoms with van der Waals surface area (Å²) in [6.45, 7) is 1.52. The number of halogens is 1. The van der Waals surface area contributed by atoms with Crippen LogP contribution in [0.25, 0.3) is 10.9 Å². The average molecular weight is 336 g/mol. The van der Waals surface area contributed by atoms with Gasteiger partial charge in [0.1, 0.15) is 5.82 Å². The van der Waals surface area contributed by atoms with Crippen LogP contribution in [0.5, 0.6) is 0 Å². The van der Waals surface area contributed by atoms with Gasteiger partial charge in [-0.25, -0.2) is 4.39 Å². The first kappa shape index (κ1) is 15.9. The molecule has 3 nitrogen and oxygen atoms in total. The first-order valence-corrected chi connectivity index (χ1v) is 8.79. The van der Waals surface area contributed by atoms with E-state index < -0.39 is 0 Å². The number of carbonyl (C=O) groups excluding carboxylic acids is 1. The molecule has 0 saturated carbocycles. The molecule has 4 heteroatoms. The van der Waals surface area contributed by atoms with Crippen molar-refractivity contribution >= 4 is 16.8 Å². The van der Waals surface area contributed by atoms with Crippen molar-refractivity contribution in [2.24, 2.45) is 0 Å². The summed E-state index contributed by atoms with van der Waals surface area (Å²) < 4.78 is 13.3. The Hall–Kier alpha value is -2.62. The van der Waals surface area contributed by atoms with E-state index in [9.17, 15) is 9.18 Å². The Morgan fingerprint density at radius 2 is 1.88 bits per heavy atom. The number of aromatic nitrogens is 1. The van der Waals surface area contributed by atoms with E-state index >= 15 is 0 Å². The van der Waals surface area contributed by atoms with Crippen LogP contribution < -0.4 is 0 Å². The number of carbonyl (C=O) groups is 1. The van der Waals surface area contributed by atoms with E-state index in [0.29, 0.717) is 5.92 Å². The fourth-order valence-corrected chi connectivity index (χ4v) is 3.69. The fraction of sp³-hybridized carbons (Fsp3) is 0.286. The number of likely N-dealkylation sites (tertiary alicyclic amines) is 1. The number of hydrogen-bond acceptors (Lipinski definition) is 1. The number of amides is 1. The molecule has 2 heterocycles. The quantitative estimate of drug-likeness (QED) is 0.762. The number of hydrogen-bond donors (Lipinski definition) is 1. The summed E-state index contributed by atoms with van der Waals surface area (Å²) in [7, 11) is 0. The Bertz CT molecular complexity index is 861. The molecule has 2 aromatic carbocycles. The smallest absolute Gasteiger partial charge is 0.226 e. The molecule has 1 aliphatic rings. The molecule has 0 radical (unpaired) electrons. The Labute approximate surface area is 146 Å². The van der Waals surface area contributed by atoms with Gasteiger partial charge < -0.3 is 9.88 Å². The number of fused-ring (bicyclic) bond motifs is 1.